The molecule has 15 heavy (non-hydrogen) atoms. The van der Waals surface area contributed by atoms with Crippen LogP contribution in [0.25, 0.3) is 0 Å². The smallest absolute Gasteiger partial charge is 0.223 e. The highest BCUT2D eigenvalue weighted by atomic mass is 35.5. The second-order valence-electron chi connectivity index (χ2n) is 4.13. The first-order chi connectivity index (χ1) is 7.24. The van der Waals surface area contributed by atoms with Gasteiger partial charge in [-0.15, -0.1) is 11.6 Å². The van der Waals surface area contributed by atoms with Gasteiger partial charge in [0, 0.05) is 19.6 Å². The lowest BCUT2D eigenvalue weighted by molar-refractivity contribution is -0.125. The average molecular weight is 234 g/mol. The molecule has 0 aromatic rings. The van der Waals surface area contributed by atoms with Crippen molar-refractivity contribution in [2.24, 2.45) is 5.92 Å². The fourth-order valence-corrected chi connectivity index (χ4v) is 2.16. The molecule has 0 bridgehead atoms. The summed E-state index contributed by atoms with van der Waals surface area (Å²) < 4.78 is 4.90. The third-order valence-electron chi connectivity index (χ3n) is 2.82. The molecule has 1 aliphatic rings. The Morgan fingerprint density at radius 3 is 2.73 bits per heavy atom. The molecule has 0 saturated heterocycles. The highest BCUT2D eigenvalue weighted by Gasteiger charge is 2.21. The summed E-state index contributed by atoms with van der Waals surface area (Å²) in [5, 5.41) is 2.76. The Hall–Kier alpha value is -0.280. The van der Waals surface area contributed by atoms with Crippen LogP contribution in [0.15, 0.2) is 0 Å². The minimum atomic E-state index is -0.123. The minimum Gasteiger partial charge on any atom is -0.383 e. The van der Waals surface area contributed by atoms with E-state index in [0.29, 0.717) is 13.2 Å². The van der Waals surface area contributed by atoms with E-state index >= 15 is 0 Å². The molecule has 1 unspecified atom stereocenters. The summed E-state index contributed by atoms with van der Waals surface area (Å²) >= 11 is 5.92. The summed E-state index contributed by atoms with van der Waals surface area (Å²) in [7, 11) is 1.61. The summed E-state index contributed by atoms with van der Waals surface area (Å²) in [6.07, 6.45) is 5.69. The van der Waals surface area contributed by atoms with Crippen molar-refractivity contribution in [3.05, 3.63) is 0 Å². The maximum Gasteiger partial charge on any atom is 0.223 e. The van der Waals surface area contributed by atoms with E-state index in [1.54, 1.807) is 7.11 Å². The van der Waals surface area contributed by atoms with Gasteiger partial charge < -0.3 is 10.1 Å². The van der Waals surface area contributed by atoms with Gasteiger partial charge in [0.25, 0.3) is 0 Å². The third kappa shape index (κ3) is 4.85. The van der Waals surface area contributed by atoms with Gasteiger partial charge in [-0.1, -0.05) is 19.3 Å². The van der Waals surface area contributed by atoms with Gasteiger partial charge in [-0.3, -0.25) is 4.79 Å². The van der Waals surface area contributed by atoms with Crippen molar-refractivity contribution in [1.82, 2.24) is 5.32 Å². The van der Waals surface area contributed by atoms with Crippen LogP contribution in [0.3, 0.4) is 0 Å². The second-order valence-corrected chi connectivity index (χ2v) is 4.75. The van der Waals surface area contributed by atoms with Crippen LogP contribution in [0.5, 0.6) is 0 Å². The van der Waals surface area contributed by atoms with Crippen LogP contribution in [-0.4, -0.2) is 31.5 Å². The normalized spacial score (nSPS) is 19.9. The van der Waals surface area contributed by atoms with Crippen molar-refractivity contribution in [2.45, 2.75) is 37.5 Å². The number of alkyl halides is 1. The van der Waals surface area contributed by atoms with Gasteiger partial charge in [0.05, 0.1) is 12.0 Å². The van der Waals surface area contributed by atoms with Gasteiger partial charge in [-0.25, -0.2) is 0 Å². The van der Waals surface area contributed by atoms with Crippen LogP contribution < -0.4 is 5.32 Å². The quantitative estimate of drug-likeness (QED) is 0.737. The van der Waals surface area contributed by atoms with Crippen molar-refractivity contribution < 1.29 is 9.53 Å². The fraction of sp³-hybridized carbons (Fsp3) is 0.909. The van der Waals surface area contributed by atoms with E-state index in [-0.39, 0.29) is 17.2 Å². The Morgan fingerprint density at radius 1 is 1.47 bits per heavy atom. The van der Waals surface area contributed by atoms with E-state index in [1.807, 2.05) is 0 Å². The van der Waals surface area contributed by atoms with E-state index in [1.165, 1.54) is 19.3 Å². The number of methoxy groups -OCH3 is 1. The first-order valence-corrected chi connectivity index (χ1v) is 6.08. The lowest BCUT2D eigenvalue weighted by Gasteiger charge is -2.21. The molecule has 1 aliphatic carbocycles. The number of ether oxygens (including phenoxy) is 1. The molecule has 1 atom stereocenters. The molecule has 1 N–H and O–H groups in total. The van der Waals surface area contributed by atoms with Crippen LogP contribution in [0.4, 0.5) is 0 Å². The lowest BCUT2D eigenvalue weighted by Crippen LogP contribution is -2.36. The summed E-state index contributed by atoms with van der Waals surface area (Å²) in [6.45, 7) is 0.983. The van der Waals surface area contributed by atoms with Crippen molar-refractivity contribution in [1.29, 1.82) is 0 Å². The lowest BCUT2D eigenvalue weighted by atomic mass is 9.89. The summed E-state index contributed by atoms with van der Waals surface area (Å²) in [6, 6.07) is 0. The van der Waals surface area contributed by atoms with E-state index in [2.05, 4.69) is 5.32 Å². The Kier molecular flexibility index (Phi) is 6.03. The van der Waals surface area contributed by atoms with Gasteiger partial charge in [-0.05, 0) is 12.8 Å². The highest BCUT2D eigenvalue weighted by molar-refractivity contribution is 6.21. The molecule has 1 fully saturated rings. The van der Waals surface area contributed by atoms with Crippen LogP contribution in [0, 0.1) is 5.92 Å². The number of carbonyl (C=O) groups excluding carboxylic acids is 1. The maximum atomic E-state index is 11.7. The summed E-state index contributed by atoms with van der Waals surface area (Å²) in [4.78, 5) is 11.7. The zero-order valence-corrected chi connectivity index (χ0v) is 10.1. The third-order valence-corrected chi connectivity index (χ3v) is 3.10. The molecule has 0 spiro atoms. The fourth-order valence-electron chi connectivity index (χ4n) is 1.96. The van der Waals surface area contributed by atoms with Gasteiger partial charge in [0.15, 0.2) is 0 Å². The monoisotopic (exact) mass is 233 g/mol. The van der Waals surface area contributed by atoms with E-state index in [4.69, 9.17) is 16.3 Å². The molecule has 4 heteroatoms. The van der Waals surface area contributed by atoms with Crippen LogP contribution >= 0.6 is 11.6 Å². The number of carbonyl (C=O) groups is 1. The first-order valence-electron chi connectivity index (χ1n) is 5.64. The maximum absolute atomic E-state index is 11.7. The minimum absolute atomic E-state index is 0.123. The number of hydrogen-bond acceptors (Lipinski definition) is 2. The predicted molar refractivity (Wildman–Crippen MR) is 61.1 cm³/mol. The molecule has 0 aliphatic heterocycles. The molecule has 1 amide bonds. The predicted octanol–water partition coefficient (Wildman–Crippen LogP) is 1.94. The SMILES string of the molecule is COCC(Cl)CNC(=O)C1CCCCC1. The zero-order valence-electron chi connectivity index (χ0n) is 9.30. The molecule has 0 aromatic heterocycles. The number of hydrogen-bond donors (Lipinski definition) is 1. The van der Waals surface area contributed by atoms with Crippen molar-refractivity contribution in [2.75, 3.05) is 20.3 Å². The molecular formula is C11H20ClNO2. The molecular weight excluding hydrogens is 214 g/mol. The summed E-state index contributed by atoms with van der Waals surface area (Å²) in [5.74, 6) is 0.376. The average Bonchev–Trinajstić information content (AvgIpc) is 2.27. The molecule has 1 rings (SSSR count). The Bertz CT molecular complexity index is 193. The molecule has 1 saturated carbocycles. The van der Waals surface area contributed by atoms with Gasteiger partial charge in [0.1, 0.15) is 0 Å². The topological polar surface area (TPSA) is 38.3 Å². The van der Waals surface area contributed by atoms with Crippen molar-refractivity contribution in [3.63, 3.8) is 0 Å². The largest absolute Gasteiger partial charge is 0.383 e. The Balaban J connectivity index is 2.16. The Labute approximate surface area is 96.5 Å². The number of halogens is 1. The summed E-state index contributed by atoms with van der Waals surface area (Å²) in [5.41, 5.74) is 0. The Morgan fingerprint density at radius 2 is 2.13 bits per heavy atom. The zero-order chi connectivity index (χ0) is 11.1. The van der Waals surface area contributed by atoms with E-state index in [9.17, 15) is 4.79 Å². The molecule has 0 aromatic carbocycles. The van der Waals surface area contributed by atoms with Crippen LogP contribution in [0.2, 0.25) is 0 Å². The number of rotatable bonds is 5. The molecule has 0 radical (unpaired) electrons. The van der Waals surface area contributed by atoms with Crippen molar-refractivity contribution in [3.8, 4) is 0 Å². The van der Waals surface area contributed by atoms with Gasteiger partial charge in [0.2, 0.25) is 5.91 Å². The molecule has 88 valence electrons. The van der Waals surface area contributed by atoms with Crippen LogP contribution in [0.1, 0.15) is 32.1 Å². The van der Waals surface area contributed by atoms with E-state index < -0.39 is 0 Å². The van der Waals surface area contributed by atoms with Gasteiger partial charge in [-0.2, -0.15) is 0 Å². The van der Waals surface area contributed by atoms with Crippen LogP contribution in [-0.2, 0) is 9.53 Å². The van der Waals surface area contributed by atoms with E-state index in [0.717, 1.165) is 12.8 Å². The second kappa shape index (κ2) is 7.07. The van der Waals surface area contributed by atoms with Gasteiger partial charge >= 0.3 is 0 Å². The number of amides is 1. The van der Waals surface area contributed by atoms with Crippen molar-refractivity contribution >= 4 is 17.5 Å². The molecule has 0 heterocycles. The molecule has 3 nitrogen and oxygen atoms in total. The standard InChI is InChI=1S/C11H20ClNO2/c1-15-8-10(12)7-13-11(14)9-5-3-2-4-6-9/h9-10H,2-8H2,1H3,(H,13,14). The first kappa shape index (κ1) is 12.8. The highest BCUT2D eigenvalue weighted by Crippen LogP contribution is 2.23. The number of nitrogens with one attached hydrogen (secondary N) is 1.